The van der Waals surface area contributed by atoms with Crippen molar-refractivity contribution in [2.45, 2.75) is 179 Å². The van der Waals surface area contributed by atoms with E-state index in [1.165, 1.54) is 70.9 Å². The molecule has 12 nitrogen and oxygen atoms in total. The number of aliphatic hydroxyl groups excluding tert-OH is 2. The quantitative estimate of drug-likeness (QED) is 0.0392. The number of amides is 1. The van der Waals surface area contributed by atoms with Crippen LogP contribution < -0.4 is 5.32 Å². The first-order valence-corrected chi connectivity index (χ1v) is 26.8. The summed E-state index contributed by atoms with van der Waals surface area (Å²) < 4.78 is 46.8. The second-order valence-electron chi connectivity index (χ2n) is 21.6. The maximum atomic E-state index is 14.3. The molecule has 396 valence electrons. The van der Waals surface area contributed by atoms with Crippen LogP contribution in [-0.2, 0) is 44.0 Å². The van der Waals surface area contributed by atoms with Crippen molar-refractivity contribution in [3.63, 3.8) is 0 Å². The number of hydrogen-bond donors (Lipinski definition) is 3. The topological polar surface area (TPSA) is 158 Å². The molecule has 2 aliphatic heterocycles. The van der Waals surface area contributed by atoms with Crippen LogP contribution in [0.1, 0.15) is 148 Å². The third-order valence-electron chi connectivity index (χ3n) is 17.8. The lowest BCUT2D eigenvalue weighted by Gasteiger charge is -2.54. The van der Waals surface area contributed by atoms with E-state index in [1.807, 2.05) is 36.4 Å². The van der Waals surface area contributed by atoms with E-state index in [0.29, 0.717) is 54.4 Å². The summed E-state index contributed by atoms with van der Waals surface area (Å²) in [6, 6.07) is 19.1. The van der Waals surface area contributed by atoms with Crippen molar-refractivity contribution in [1.29, 1.82) is 0 Å². The lowest BCUT2D eigenvalue weighted by molar-refractivity contribution is -0.967. The van der Waals surface area contributed by atoms with Gasteiger partial charge in [-0.05, 0) is 118 Å². The molecule has 2 aromatic carbocycles. The Bertz CT molecular complexity index is 1950. The van der Waals surface area contributed by atoms with Crippen molar-refractivity contribution in [2.75, 3.05) is 26.7 Å². The molecule has 2 aromatic rings. The fourth-order valence-corrected chi connectivity index (χ4v) is 14.7. The van der Waals surface area contributed by atoms with E-state index >= 15 is 0 Å². The van der Waals surface area contributed by atoms with Crippen molar-refractivity contribution >= 4 is 24.3 Å². The molecule has 3 N–H and O–H groups in total. The molecule has 2 heterocycles. The molecule has 15 heteroatoms. The van der Waals surface area contributed by atoms with Gasteiger partial charge in [-0.25, -0.2) is 9.59 Å². The number of nitrogens with one attached hydrogen (secondary N) is 1. The van der Waals surface area contributed by atoms with Gasteiger partial charge in [0.05, 0.1) is 44.5 Å². The van der Waals surface area contributed by atoms with Crippen molar-refractivity contribution in [2.24, 2.45) is 47.3 Å². The average molecular weight is 1000 g/mol. The Morgan fingerprint density at radius 2 is 1.42 bits per heavy atom. The zero-order valence-corrected chi connectivity index (χ0v) is 42.7. The highest BCUT2D eigenvalue weighted by Crippen LogP contribution is 2.60. The Morgan fingerprint density at radius 3 is 2.00 bits per heavy atom. The van der Waals surface area contributed by atoms with Crippen molar-refractivity contribution < 1.29 is 66.3 Å². The molecule has 8 rings (SSSR count). The van der Waals surface area contributed by atoms with Gasteiger partial charge in [0.15, 0.2) is 0 Å². The number of carbonyl (C=O) groups excluding carboxylic acids is 4. The van der Waals surface area contributed by atoms with Crippen LogP contribution in [0.4, 0.5) is 13.2 Å². The lowest BCUT2D eigenvalue weighted by atomic mass is 9.52. The Hall–Kier alpha value is -4.05. The summed E-state index contributed by atoms with van der Waals surface area (Å²) in [4.78, 5) is 54.2. The number of hydrogen-bond acceptors (Lipinski definition) is 10. The Labute approximate surface area is 419 Å². The SMILES string of the molecule is CCC1CC(OC(=O)C(OC(=O)CCCNC=O)(c2ccccc2)c2ccccc2)CC(C)[N+]12CCCC2.CCCC(C)C1CCC2C1CCC1C3CCC(O)CC3CC(O)C12.COOC(=O)C(F)(F)F. The number of piperidine rings is 1. The summed E-state index contributed by atoms with van der Waals surface area (Å²) in [5.41, 5.74) is -0.621. The van der Waals surface area contributed by atoms with Gasteiger partial charge in [0, 0.05) is 49.8 Å². The Morgan fingerprint density at radius 1 is 0.817 bits per heavy atom. The van der Waals surface area contributed by atoms with Crippen molar-refractivity contribution in [1.82, 2.24) is 5.32 Å². The van der Waals surface area contributed by atoms with Crippen molar-refractivity contribution in [3.05, 3.63) is 71.8 Å². The summed E-state index contributed by atoms with van der Waals surface area (Å²) in [7, 11) is 0.809. The van der Waals surface area contributed by atoms with Gasteiger partial charge in [-0.2, -0.15) is 18.1 Å². The molecule has 4 aliphatic carbocycles. The molecule has 4 saturated carbocycles. The minimum absolute atomic E-state index is 0.0634. The molecule has 1 amide bonds. The molecule has 0 bridgehead atoms. The van der Waals surface area contributed by atoms with E-state index in [-0.39, 0.29) is 24.7 Å². The molecule has 6 fully saturated rings. The normalized spacial score (nSPS) is 31.1. The molecule has 71 heavy (non-hydrogen) atoms. The average Bonchev–Trinajstić information content (AvgIpc) is 4.03. The predicted octanol–water partition coefficient (Wildman–Crippen LogP) is 9.77. The number of ether oxygens (including phenoxy) is 2. The van der Waals surface area contributed by atoms with Gasteiger partial charge in [0.1, 0.15) is 6.10 Å². The molecule has 1 spiro atoms. The van der Waals surface area contributed by atoms with Crippen LogP contribution in [0.25, 0.3) is 0 Å². The van der Waals surface area contributed by atoms with Crippen LogP contribution in [-0.4, -0.2) is 102 Å². The van der Waals surface area contributed by atoms with Crippen LogP contribution in [0.2, 0.25) is 0 Å². The number of halogens is 3. The van der Waals surface area contributed by atoms with Gasteiger partial charge < -0.3 is 29.5 Å². The van der Waals surface area contributed by atoms with Gasteiger partial charge in [0.2, 0.25) is 6.41 Å². The predicted molar refractivity (Wildman–Crippen MR) is 262 cm³/mol. The summed E-state index contributed by atoms with van der Waals surface area (Å²) in [6.45, 7) is 12.1. The zero-order chi connectivity index (χ0) is 51.3. The Balaban J connectivity index is 0.000000211. The van der Waals surface area contributed by atoms with Crippen LogP contribution in [0.5, 0.6) is 0 Å². The molecule has 6 aliphatic rings. The summed E-state index contributed by atoms with van der Waals surface area (Å²) in [5, 5.41) is 23.6. The van der Waals surface area contributed by atoms with E-state index in [9.17, 15) is 42.6 Å². The van der Waals surface area contributed by atoms with Crippen LogP contribution in [0.3, 0.4) is 0 Å². The number of rotatable bonds is 15. The van der Waals surface area contributed by atoms with Crippen LogP contribution in [0.15, 0.2) is 60.7 Å². The highest BCUT2D eigenvalue weighted by Gasteiger charge is 2.56. The van der Waals surface area contributed by atoms with E-state index in [4.69, 9.17) is 9.47 Å². The maximum absolute atomic E-state index is 14.3. The molecule has 13 unspecified atom stereocenters. The minimum Gasteiger partial charge on any atom is -0.458 e. The lowest BCUT2D eigenvalue weighted by Crippen LogP contribution is -2.63. The summed E-state index contributed by atoms with van der Waals surface area (Å²) in [6.07, 6.45) is 13.3. The third kappa shape index (κ3) is 13.2. The number of quaternary nitrogens is 1. The standard InChI is InChI=1S/C31H40N2O5.C22H38O2.C3H3F3O3/c1-3-27-22-28(21-24(2)33(27)19-10-11-20-33)37-30(36)31(25-13-6-4-7-14-25,26-15-8-5-9-16-26)38-29(35)17-12-18-32-23-34;1-3-4-13(2)16-7-9-20-18(16)8-10-19-17-6-5-15(23)11-14(17)12-21(24)22(19)20;1-8-9-2(7)3(4,5)6/h4-9,13-16,23-24,27-28H,3,10-12,17-22H2,1-2H3;13-24H,3-12H2,1-2H3;1H3/p+1. The molecular formula is C56H82F3N2O10+. The first-order valence-electron chi connectivity index (χ1n) is 26.8. The van der Waals surface area contributed by atoms with E-state index in [1.54, 1.807) is 24.3 Å². The number of fused-ring (bicyclic) bond motifs is 5. The monoisotopic (exact) mass is 1000 g/mol. The van der Waals surface area contributed by atoms with Gasteiger partial charge in [-0.3, -0.25) is 14.5 Å². The highest BCUT2D eigenvalue weighted by molar-refractivity contribution is 5.89. The number of benzene rings is 2. The molecular weight excluding hydrogens is 918 g/mol. The number of carbonyl (C=O) groups is 4. The smallest absolute Gasteiger partial charge is 0.458 e. The highest BCUT2D eigenvalue weighted by atomic mass is 19.4. The second kappa shape index (κ2) is 25.7. The molecule has 13 atom stereocenters. The third-order valence-corrected chi connectivity index (χ3v) is 17.8. The van der Waals surface area contributed by atoms with Crippen molar-refractivity contribution in [3.8, 4) is 0 Å². The second-order valence-corrected chi connectivity index (χ2v) is 21.6. The van der Waals surface area contributed by atoms with E-state index < -0.39 is 29.7 Å². The first-order chi connectivity index (χ1) is 34.0. The fraction of sp³-hybridized carbons (Fsp3) is 0.714. The van der Waals surface area contributed by atoms with E-state index in [2.05, 4.69) is 42.8 Å². The van der Waals surface area contributed by atoms with Gasteiger partial charge in [-0.15, -0.1) is 0 Å². The first kappa shape index (κ1) is 56.2. The molecule has 2 saturated heterocycles. The fourth-order valence-electron chi connectivity index (χ4n) is 14.7. The van der Waals surface area contributed by atoms with Crippen LogP contribution in [0, 0.1) is 47.3 Å². The molecule has 0 radical (unpaired) electrons. The summed E-state index contributed by atoms with van der Waals surface area (Å²) >= 11 is 0. The number of esters is 2. The van der Waals surface area contributed by atoms with E-state index in [0.717, 1.165) is 85.6 Å². The zero-order valence-electron chi connectivity index (χ0n) is 42.7. The number of alkyl halides is 3. The van der Waals surface area contributed by atoms with Gasteiger partial charge in [-0.1, -0.05) is 94.3 Å². The maximum Gasteiger partial charge on any atom is 0.494 e. The summed E-state index contributed by atoms with van der Waals surface area (Å²) in [5.74, 6) is 2.80. The number of aliphatic hydroxyl groups is 2. The van der Waals surface area contributed by atoms with Gasteiger partial charge >= 0.3 is 24.1 Å². The minimum atomic E-state index is -4.98. The van der Waals surface area contributed by atoms with Gasteiger partial charge in [0.25, 0.3) is 5.60 Å². The Kier molecular flexibility index (Phi) is 20.4. The molecule has 0 aromatic heterocycles. The number of nitrogens with zero attached hydrogens (tertiary/aromatic N) is 1. The largest absolute Gasteiger partial charge is 0.494 e. The van der Waals surface area contributed by atoms with Crippen LogP contribution >= 0.6 is 0 Å².